The maximum absolute atomic E-state index is 11.8. The lowest BCUT2D eigenvalue weighted by Gasteiger charge is -2.32. The van der Waals surface area contributed by atoms with E-state index in [1.54, 1.807) is 4.90 Å². The van der Waals surface area contributed by atoms with Crippen LogP contribution in [0.5, 0.6) is 0 Å². The quantitative estimate of drug-likeness (QED) is 0.681. The van der Waals surface area contributed by atoms with Crippen molar-refractivity contribution in [1.29, 1.82) is 5.26 Å². The largest absolute Gasteiger partial charge is 0.360 e. The van der Waals surface area contributed by atoms with Crippen molar-refractivity contribution in [2.45, 2.75) is 26.0 Å². The summed E-state index contributed by atoms with van der Waals surface area (Å²) in [4.78, 5) is 13.5. The number of rotatable bonds is 2. The van der Waals surface area contributed by atoms with Gasteiger partial charge in [0, 0.05) is 6.54 Å². The van der Waals surface area contributed by atoms with Crippen LogP contribution in [0.3, 0.4) is 0 Å². The Morgan fingerprint density at radius 1 is 1.67 bits per heavy atom. The molecule has 1 amide bonds. The summed E-state index contributed by atoms with van der Waals surface area (Å²) in [6, 6.07) is 1.52. The Morgan fingerprint density at radius 2 is 2.33 bits per heavy atom. The van der Waals surface area contributed by atoms with Crippen LogP contribution in [0.15, 0.2) is 0 Å². The summed E-state index contributed by atoms with van der Waals surface area (Å²) in [5, 5.41) is 8.69. The van der Waals surface area contributed by atoms with Crippen molar-refractivity contribution in [3.63, 3.8) is 0 Å². The van der Waals surface area contributed by atoms with Crippen LogP contribution in [0.25, 0.3) is 0 Å². The molecule has 0 aliphatic carbocycles. The average Bonchev–Trinajstić information content (AvgIpc) is 2.27. The van der Waals surface area contributed by atoms with Crippen molar-refractivity contribution >= 4 is 5.91 Å². The molecular formula is C10H17N3O2. The highest BCUT2D eigenvalue weighted by Crippen LogP contribution is 2.09. The predicted molar refractivity (Wildman–Crippen MR) is 54.7 cm³/mol. The zero-order valence-electron chi connectivity index (χ0n) is 9.14. The Morgan fingerprint density at radius 3 is 2.87 bits per heavy atom. The van der Waals surface area contributed by atoms with Gasteiger partial charge in [0.2, 0.25) is 5.91 Å². The minimum absolute atomic E-state index is 0.0893. The number of hydrogen-bond acceptors (Lipinski definition) is 4. The molecule has 0 bridgehead atoms. The Kier molecular flexibility index (Phi) is 4.06. The first-order chi connectivity index (χ1) is 7.06. The lowest BCUT2D eigenvalue weighted by Crippen LogP contribution is -2.52. The second-order valence-electron chi connectivity index (χ2n) is 4.04. The van der Waals surface area contributed by atoms with E-state index in [0.29, 0.717) is 19.7 Å². The van der Waals surface area contributed by atoms with Crippen LogP contribution in [-0.2, 0) is 9.53 Å². The van der Waals surface area contributed by atoms with Crippen LogP contribution < -0.4 is 5.73 Å². The molecule has 1 rings (SSSR count). The highest BCUT2D eigenvalue weighted by molar-refractivity contribution is 5.82. The molecule has 1 fully saturated rings. The van der Waals surface area contributed by atoms with Crippen LogP contribution in [0.4, 0.5) is 0 Å². The van der Waals surface area contributed by atoms with Crippen molar-refractivity contribution in [3.05, 3.63) is 0 Å². The maximum Gasteiger partial charge on any atom is 0.239 e. The number of hydrogen-bond donors (Lipinski definition) is 1. The summed E-state index contributed by atoms with van der Waals surface area (Å²) in [7, 11) is 0. The van der Waals surface area contributed by atoms with Gasteiger partial charge in [-0.25, -0.2) is 0 Å². The van der Waals surface area contributed by atoms with E-state index < -0.39 is 12.1 Å². The summed E-state index contributed by atoms with van der Waals surface area (Å²) in [6.45, 7) is 5.08. The summed E-state index contributed by atoms with van der Waals surface area (Å²) in [5.41, 5.74) is 5.76. The molecule has 5 nitrogen and oxygen atoms in total. The van der Waals surface area contributed by atoms with Gasteiger partial charge < -0.3 is 15.4 Å². The van der Waals surface area contributed by atoms with E-state index in [4.69, 9.17) is 15.7 Å². The number of carbonyl (C=O) groups is 1. The summed E-state index contributed by atoms with van der Waals surface area (Å²) in [6.07, 6.45) is -0.512. The van der Waals surface area contributed by atoms with Crippen LogP contribution in [-0.4, -0.2) is 42.6 Å². The third kappa shape index (κ3) is 2.91. The van der Waals surface area contributed by atoms with Gasteiger partial charge in [-0.3, -0.25) is 4.79 Å². The van der Waals surface area contributed by atoms with Crippen LogP contribution in [0.1, 0.15) is 13.8 Å². The highest BCUT2D eigenvalue weighted by Gasteiger charge is 2.28. The molecule has 1 heterocycles. The second kappa shape index (κ2) is 5.10. The smallest absolute Gasteiger partial charge is 0.239 e. The molecule has 0 aromatic heterocycles. The zero-order chi connectivity index (χ0) is 11.4. The molecule has 0 saturated carbocycles. The molecule has 0 aromatic carbocycles. The number of nitrogens with zero attached hydrogens (tertiary/aromatic N) is 2. The molecule has 1 unspecified atom stereocenters. The molecular weight excluding hydrogens is 194 g/mol. The molecule has 84 valence electrons. The topological polar surface area (TPSA) is 79.3 Å². The van der Waals surface area contributed by atoms with Crippen LogP contribution in [0, 0.1) is 17.2 Å². The minimum Gasteiger partial charge on any atom is -0.360 e. The Balaban J connectivity index is 2.57. The first-order valence-corrected chi connectivity index (χ1v) is 5.12. The third-order valence-corrected chi connectivity index (χ3v) is 2.53. The van der Waals surface area contributed by atoms with Gasteiger partial charge in [-0.15, -0.1) is 0 Å². The van der Waals surface area contributed by atoms with E-state index in [2.05, 4.69) is 0 Å². The summed E-state index contributed by atoms with van der Waals surface area (Å²) >= 11 is 0. The predicted octanol–water partition coefficient (Wildman–Crippen LogP) is -0.279. The average molecular weight is 211 g/mol. The third-order valence-electron chi connectivity index (χ3n) is 2.53. The standard InChI is InChI=1S/C10H17N3O2/c1-7(2)9(12)10(14)13-3-4-15-8(5-11)6-13/h7-9H,3-4,6,12H2,1-2H3/t8?,9-/m0/s1. The van der Waals surface area contributed by atoms with Gasteiger partial charge in [-0.05, 0) is 5.92 Å². The molecule has 0 aromatic rings. The fourth-order valence-corrected chi connectivity index (χ4v) is 1.42. The number of carbonyl (C=O) groups excluding carboxylic acids is 1. The number of ether oxygens (including phenoxy) is 1. The minimum atomic E-state index is -0.512. The van der Waals surface area contributed by atoms with Crippen molar-refractivity contribution < 1.29 is 9.53 Å². The normalized spacial score (nSPS) is 23.7. The van der Waals surface area contributed by atoms with Crippen LogP contribution >= 0.6 is 0 Å². The molecule has 1 saturated heterocycles. The fraction of sp³-hybridized carbons (Fsp3) is 0.800. The number of amides is 1. The Bertz CT molecular complexity index is 272. The highest BCUT2D eigenvalue weighted by atomic mass is 16.5. The SMILES string of the molecule is CC(C)[C@H](N)C(=O)N1CCOC(C#N)C1. The van der Waals surface area contributed by atoms with E-state index in [-0.39, 0.29) is 11.8 Å². The first kappa shape index (κ1) is 12.0. The first-order valence-electron chi connectivity index (χ1n) is 5.12. The van der Waals surface area contributed by atoms with Gasteiger partial charge in [-0.1, -0.05) is 13.8 Å². The molecule has 2 N–H and O–H groups in total. The van der Waals surface area contributed by atoms with E-state index in [0.717, 1.165) is 0 Å². The Hall–Kier alpha value is -1.12. The van der Waals surface area contributed by atoms with Gasteiger partial charge in [-0.2, -0.15) is 5.26 Å². The molecule has 5 heteroatoms. The molecule has 0 radical (unpaired) electrons. The molecule has 1 aliphatic heterocycles. The van der Waals surface area contributed by atoms with Crippen molar-refractivity contribution in [2.75, 3.05) is 19.7 Å². The molecule has 0 spiro atoms. The fourth-order valence-electron chi connectivity index (χ4n) is 1.42. The molecule has 15 heavy (non-hydrogen) atoms. The van der Waals surface area contributed by atoms with Gasteiger partial charge in [0.25, 0.3) is 0 Å². The number of morpholine rings is 1. The van der Waals surface area contributed by atoms with Gasteiger partial charge >= 0.3 is 0 Å². The number of nitrogens with two attached hydrogens (primary N) is 1. The maximum atomic E-state index is 11.8. The van der Waals surface area contributed by atoms with E-state index in [1.165, 1.54) is 0 Å². The van der Waals surface area contributed by atoms with Crippen LogP contribution in [0.2, 0.25) is 0 Å². The monoisotopic (exact) mass is 211 g/mol. The van der Waals surface area contributed by atoms with E-state index in [9.17, 15) is 4.79 Å². The summed E-state index contributed by atoms with van der Waals surface area (Å²) < 4.78 is 5.15. The lowest BCUT2D eigenvalue weighted by molar-refractivity contribution is -0.139. The van der Waals surface area contributed by atoms with Crippen molar-refractivity contribution in [2.24, 2.45) is 11.7 Å². The summed E-state index contributed by atoms with van der Waals surface area (Å²) in [5.74, 6) is 0.0226. The second-order valence-corrected chi connectivity index (χ2v) is 4.04. The van der Waals surface area contributed by atoms with Crippen molar-refractivity contribution in [3.8, 4) is 6.07 Å². The van der Waals surface area contributed by atoms with Gasteiger partial charge in [0.05, 0.1) is 25.3 Å². The van der Waals surface area contributed by atoms with Gasteiger partial charge in [0.1, 0.15) is 0 Å². The molecule has 2 atom stereocenters. The van der Waals surface area contributed by atoms with Gasteiger partial charge in [0.15, 0.2) is 6.10 Å². The van der Waals surface area contributed by atoms with E-state index >= 15 is 0 Å². The van der Waals surface area contributed by atoms with E-state index in [1.807, 2.05) is 19.9 Å². The Labute approximate surface area is 89.8 Å². The zero-order valence-corrected chi connectivity index (χ0v) is 9.14. The molecule has 1 aliphatic rings. The number of nitriles is 1. The van der Waals surface area contributed by atoms with Crippen molar-refractivity contribution in [1.82, 2.24) is 4.90 Å². The lowest BCUT2D eigenvalue weighted by atomic mass is 10.0.